The lowest BCUT2D eigenvalue weighted by atomic mass is 10.1. The van der Waals surface area contributed by atoms with Gasteiger partial charge < -0.3 is 19.2 Å². The molecule has 146 valence electrons. The lowest BCUT2D eigenvalue weighted by Gasteiger charge is -2.11. The highest BCUT2D eigenvalue weighted by Gasteiger charge is 2.22. The normalized spacial score (nSPS) is 10.9. The number of aryl methyl sites for hydroxylation is 1. The first kappa shape index (κ1) is 19.3. The van der Waals surface area contributed by atoms with Crippen LogP contribution in [0.2, 0.25) is 0 Å². The molecule has 1 amide bonds. The van der Waals surface area contributed by atoms with Crippen LogP contribution in [0.4, 0.5) is 18.9 Å². The van der Waals surface area contributed by atoms with Gasteiger partial charge in [0.2, 0.25) is 5.76 Å². The number of carbonyl (C=O) groups is 2. The number of nitrogens with one attached hydrogen (secondary N) is 1. The molecule has 1 N–H and O–H groups in total. The van der Waals surface area contributed by atoms with E-state index in [0.29, 0.717) is 10.9 Å². The second-order valence-electron chi connectivity index (χ2n) is 5.67. The fraction of sp³-hybridized carbons (Fsp3) is 0.158. The zero-order valence-electron chi connectivity index (χ0n) is 14.5. The third-order valence-corrected chi connectivity index (χ3v) is 3.81. The Balaban J connectivity index is 1.66. The first-order valence-corrected chi connectivity index (χ1v) is 8.05. The summed E-state index contributed by atoms with van der Waals surface area (Å²) in [5.74, 6) is -2.83. The standard InChI is InChI=1S/C19H14F3NO5/c1-10-11-5-4-6-12(20)17(11)28-16(10)18(25)26-9-15(24)23-13-7-2-3-8-14(13)27-19(21)22/h2-8,19H,9H2,1H3,(H,23,24). The number of alkyl halides is 2. The van der Waals surface area contributed by atoms with Crippen LogP contribution in [-0.4, -0.2) is 25.1 Å². The summed E-state index contributed by atoms with van der Waals surface area (Å²) in [6.07, 6.45) is 0. The lowest BCUT2D eigenvalue weighted by molar-refractivity contribution is -0.119. The second kappa shape index (κ2) is 8.03. The molecule has 3 aromatic rings. The molecule has 1 aromatic heterocycles. The van der Waals surface area contributed by atoms with E-state index in [1.54, 1.807) is 13.0 Å². The monoisotopic (exact) mass is 393 g/mol. The molecular weight excluding hydrogens is 379 g/mol. The summed E-state index contributed by atoms with van der Waals surface area (Å²) in [6, 6.07) is 9.81. The summed E-state index contributed by atoms with van der Waals surface area (Å²) in [6.45, 7) is -2.21. The molecule has 6 nitrogen and oxygen atoms in total. The highest BCUT2D eigenvalue weighted by atomic mass is 19.3. The summed E-state index contributed by atoms with van der Waals surface area (Å²) in [5.41, 5.74) is 0.274. The molecule has 0 radical (unpaired) electrons. The van der Waals surface area contributed by atoms with Gasteiger partial charge in [-0.1, -0.05) is 24.3 Å². The third kappa shape index (κ3) is 4.08. The van der Waals surface area contributed by atoms with Crippen LogP contribution in [0.3, 0.4) is 0 Å². The zero-order chi connectivity index (χ0) is 20.3. The maximum absolute atomic E-state index is 13.8. The predicted octanol–water partition coefficient (Wildman–Crippen LogP) is 4.28. The molecule has 2 aromatic carbocycles. The van der Waals surface area contributed by atoms with E-state index in [1.807, 2.05) is 0 Å². The number of halogens is 3. The van der Waals surface area contributed by atoms with Crippen LogP contribution in [0.25, 0.3) is 11.0 Å². The van der Waals surface area contributed by atoms with Gasteiger partial charge in [0.05, 0.1) is 5.69 Å². The van der Waals surface area contributed by atoms with E-state index in [0.717, 1.165) is 0 Å². The number of para-hydroxylation sites is 3. The topological polar surface area (TPSA) is 77.8 Å². The molecule has 0 aliphatic rings. The van der Waals surface area contributed by atoms with Crippen molar-refractivity contribution in [1.29, 1.82) is 0 Å². The van der Waals surface area contributed by atoms with Crippen molar-refractivity contribution < 1.29 is 36.7 Å². The average molecular weight is 393 g/mol. The summed E-state index contributed by atoms with van der Waals surface area (Å²) >= 11 is 0. The molecule has 9 heteroatoms. The van der Waals surface area contributed by atoms with E-state index in [1.165, 1.54) is 36.4 Å². The average Bonchev–Trinajstić information content (AvgIpc) is 2.99. The SMILES string of the molecule is Cc1c(C(=O)OCC(=O)Nc2ccccc2OC(F)F)oc2c(F)cccc12. The minimum Gasteiger partial charge on any atom is -0.450 e. The van der Waals surface area contributed by atoms with Crippen molar-refractivity contribution in [3.63, 3.8) is 0 Å². The molecule has 0 unspecified atom stereocenters. The third-order valence-electron chi connectivity index (χ3n) is 3.81. The number of carbonyl (C=O) groups excluding carboxylic acids is 2. The van der Waals surface area contributed by atoms with Crippen LogP contribution in [0.1, 0.15) is 16.1 Å². The molecule has 0 aliphatic carbocycles. The van der Waals surface area contributed by atoms with E-state index in [2.05, 4.69) is 10.1 Å². The van der Waals surface area contributed by atoms with Gasteiger partial charge in [0.15, 0.2) is 18.0 Å². The predicted molar refractivity (Wildman–Crippen MR) is 92.9 cm³/mol. The van der Waals surface area contributed by atoms with Gasteiger partial charge in [-0.3, -0.25) is 4.79 Å². The van der Waals surface area contributed by atoms with Crippen molar-refractivity contribution in [3.05, 3.63) is 59.6 Å². The molecule has 0 fully saturated rings. The fourth-order valence-corrected chi connectivity index (χ4v) is 2.56. The molecule has 3 rings (SSSR count). The van der Waals surface area contributed by atoms with Gasteiger partial charge in [-0.2, -0.15) is 8.78 Å². The van der Waals surface area contributed by atoms with Gasteiger partial charge in [-0.05, 0) is 25.1 Å². The first-order chi connectivity index (χ1) is 13.4. The molecule has 28 heavy (non-hydrogen) atoms. The van der Waals surface area contributed by atoms with Crippen molar-refractivity contribution in [2.24, 2.45) is 0 Å². The Hall–Kier alpha value is -3.49. The summed E-state index contributed by atoms with van der Waals surface area (Å²) in [7, 11) is 0. The van der Waals surface area contributed by atoms with Crippen LogP contribution in [-0.2, 0) is 9.53 Å². The van der Waals surface area contributed by atoms with Crippen LogP contribution in [0, 0.1) is 12.7 Å². The Morgan fingerprint density at radius 1 is 1.14 bits per heavy atom. The second-order valence-corrected chi connectivity index (χ2v) is 5.67. The maximum Gasteiger partial charge on any atom is 0.387 e. The minimum atomic E-state index is -3.06. The van der Waals surface area contributed by atoms with Gasteiger partial charge in [0.25, 0.3) is 5.91 Å². The largest absolute Gasteiger partial charge is 0.450 e. The van der Waals surface area contributed by atoms with Crippen molar-refractivity contribution in [2.75, 3.05) is 11.9 Å². The smallest absolute Gasteiger partial charge is 0.387 e. The van der Waals surface area contributed by atoms with Gasteiger partial charge in [-0.25, -0.2) is 9.18 Å². The van der Waals surface area contributed by atoms with Crippen molar-refractivity contribution >= 4 is 28.5 Å². The summed E-state index contributed by atoms with van der Waals surface area (Å²) < 4.78 is 52.9. The quantitative estimate of drug-likeness (QED) is 0.633. The van der Waals surface area contributed by atoms with E-state index in [9.17, 15) is 22.8 Å². The van der Waals surface area contributed by atoms with Crippen molar-refractivity contribution in [3.8, 4) is 5.75 Å². The van der Waals surface area contributed by atoms with Crippen molar-refractivity contribution in [1.82, 2.24) is 0 Å². The number of ether oxygens (including phenoxy) is 2. The summed E-state index contributed by atoms with van der Waals surface area (Å²) in [5, 5.41) is 2.72. The van der Waals surface area contributed by atoms with E-state index >= 15 is 0 Å². The molecule has 0 spiro atoms. The Bertz CT molecular complexity index is 1030. The Labute approximate surface area is 156 Å². The number of hydrogen-bond acceptors (Lipinski definition) is 5. The first-order valence-electron chi connectivity index (χ1n) is 8.05. The summed E-state index contributed by atoms with van der Waals surface area (Å²) in [4.78, 5) is 24.1. The van der Waals surface area contributed by atoms with Gasteiger partial charge >= 0.3 is 12.6 Å². The van der Waals surface area contributed by atoms with Gasteiger partial charge in [0, 0.05) is 10.9 Å². The van der Waals surface area contributed by atoms with E-state index in [4.69, 9.17) is 9.15 Å². The van der Waals surface area contributed by atoms with Crippen LogP contribution < -0.4 is 10.1 Å². The molecular formula is C19H14F3NO5. The van der Waals surface area contributed by atoms with Crippen LogP contribution >= 0.6 is 0 Å². The van der Waals surface area contributed by atoms with Gasteiger partial charge in [-0.15, -0.1) is 0 Å². The Kier molecular flexibility index (Phi) is 5.53. The van der Waals surface area contributed by atoms with E-state index in [-0.39, 0.29) is 22.8 Å². The number of fused-ring (bicyclic) bond motifs is 1. The molecule has 0 bridgehead atoms. The fourth-order valence-electron chi connectivity index (χ4n) is 2.56. The highest BCUT2D eigenvalue weighted by molar-refractivity contribution is 5.98. The highest BCUT2D eigenvalue weighted by Crippen LogP contribution is 2.28. The molecule has 1 heterocycles. The Morgan fingerprint density at radius 2 is 1.89 bits per heavy atom. The Morgan fingerprint density at radius 3 is 2.61 bits per heavy atom. The zero-order valence-corrected chi connectivity index (χ0v) is 14.5. The number of benzene rings is 2. The lowest BCUT2D eigenvalue weighted by Crippen LogP contribution is -2.21. The number of anilines is 1. The number of amides is 1. The minimum absolute atomic E-state index is 0.00848. The van der Waals surface area contributed by atoms with Crippen LogP contribution in [0.5, 0.6) is 5.75 Å². The number of furan rings is 1. The molecule has 0 saturated heterocycles. The maximum atomic E-state index is 13.8. The molecule has 0 saturated carbocycles. The molecule has 0 aliphatic heterocycles. The molecule has 0 atom stereocenters. The number of esters is 1. The van der Waals surface area contributed by atoms with Gasteiger partial charge in [0.1, 0.15) is 5.75 Å². The number of rotatable bonds is 6. The van der Waals surface area contributed by atoms with Crippen LogP contribution in [0.15, 0.2) is 46.9 Å². The number of hydrogen-bond donors (Lipinski definition) is 1. The van der Waals surface area contributed by atoms with Crippen molar-refractivity contribution in [2.45, 2.75) is 13.5 Å². The van der Waals surface area contributed by atoms with E-state index < -0.39 is 30.9 Å².